The Kier molecular flexibility index (Phi) is 3.09. The predicted octanol–water partition coefficient (Wildman–Crippen LogP) is 3.15. The highest BCUT2D eigenvalue weighted by Crippen LogP contribution is 2.18. The average Bonchev–Trinajstić information content (AvgIpc) is 2.16. The zero-order chi connectivity index (χ0) is 9.68. The Hall–Kier alpha value is -1.76. The average molecular weight is 172 g/mol. The van der Waals surface area contributed by atoms with Crippen molar-refractivity contribution in [2.75, 3.05) is 0 Å². The minimum atomic E-state index is 0.269. The maximum atomic E-state index is 9.08. The third-order valence-electron chi connectivity index (χ3n) is 1.72. The summed E-state index contributed by atoms with van der Waals surface area (Å²) in [5, 5.41) is 9.08. The number of phenolic OH excluding ortho intramolecular Hbond substituents is 1. The topological polar surface area (TPSA) is 20.2 Å². The molecule has 0 saturated carbocycles. The van der Waals surface area contributed by atoms with Gasteiger partial charge in [0.25, 0.3) is 0 Å². The van der Waals surface area contributed by atoms with Crippen molar-refractivity contribution in [3.05, 3.63) is 61.2 Å². The molecule has 1 aromatic rings. The smallest absolute Gasteiger partial charge is 0.115 e. The molecule has 0 bridgehead atoms. The first kappa shape index (κ1) is 9.33. The minimum absolute atomic E-state index is 0.269. The molecule has 0 aliphatic carbocycles. The van der Waals surface area contributed by atoms with Gasteiger partial charge in [-0.25, -0.2) is 0 Å². The lowest BCUT2D eigenvalue weighted by Crippen LogP contribution is -1.78. The van der Waals surface area contributed by atoms with E-state index in [0.717, 1.165) is 11.1 Å². The molecular weight excluding hydrogens is 160 g/mol. The van der Waals surface area contributed by atoms with E-state index in [2.05, 4.69) is 13.2 Å². The van der Waals surface area contributed by atoms with Crippen LogP contribution in [0, 0.1) is 0 Å². The van der Waals surface area contributed by atoms with Gasteiger partial charge in [0.2, 0.25) is 0 Å². The lowest BCUT2D eigenvalue weighted by molar-refractivity contribution is 0.475. The second-order valence-electron chi connectivity index (χ2n) is 2.61. The van der Waals surface area contributed by atoms with Gasteiger partial charge in [-0.1, -0.05) is 43.5 Å². The fraction of sp³-hybridized carbons (Fsp3) is 0. The van der Waals surface area contributed by atoms with Gasteiger partial charge in [-0.3, -0.25) is 0 Å². The summed E-state index contributed by atoms with van der Waals surface area (Å²) >= 11 is 0. The maximum absolute atomic E-state index is 9.08. The zero-order valence-electron chi connectivity index (χ0n) is 7.40. The molecule has 0 saturated heterocycles. The van der Waals surface area contributed by atoms with Crippen molar-refractivity contribution in [3.8, 4) is 5.75 Å². The molecule has 0 unspecified atom stereocenters. The maximum Gasteiger partial charge on any atom is 0.115 e. The zero-order valence-corrected chi connectivity index (χ0v) is 7.40. The van der Waals surface area contributed by atoms with Crippen LogP contribution in [0.25, 0.3) is 5.57 Å². The summed E-state index contributed by atoms with van der Waals surface area (Å²) in [6.07, 6.45) is 5.34. The highest BCUT2D eigenvalue weighted by Gasteiger charge is 1.95. The summed E-state index contributed by atoms with van der Waals surface area (Å²) in [7, 11) is 0. The van der Waals surface area contributed by atoms with Crippen molar-refractivity contribution in [1.82, 2.24) is 0 Å². The van der Waals surface area contributed by atoms with E-state index in [-0.39, 0.29) is 5.75 Å². The Bertz CT molecular complexity index is 331. The number of benzene rings is 1. The van der Waals surface area contributed by atoms with Crippen LogP contribution in [0.1, 0.15) is 5.56 Å². The monoisotopic (exact) mass is 172 g/mol. The highest BCUT2D eigenvalue weighted by atomic mass is 16.3. The third-order valence-corrected chi connectivity index (χ3v) is 1.72. The van der Waals surface area contributed by atoms with Gasteiger partial charge in [0.1, 0.15) is 5.75 Å². The summed E-state index contributed by atoms with van der Waals surface area (Å²) in [5.41, 5.74) is 2.02. The van der Waals surface area contributed by atoms with E-state index < -0.39 is 0 Å². The summed E-state index contributed by atoms with van der Waals surface area (Å²) < 4.78 is 0. The van der Waals surface area contributed by atoms with Crippen LogP contribution >= 0.6 is 0 Å². The van der Waals surface area contributed by atoms with Crippen molar-refractivity contribution in [3.63, 3.8) is 0 Å². The standard InChI is InChI=1S/C12H12O/c1-3-5-10(4-2)11-6-8-12(13)9-7-11/h3-9,13H,1-2H2/b10-5+. The van der Waals surface area contributed by atoms with E-state index in [1.54, 1.807) is 24.3 Å². The first-order chi connectivity index (χ1) is 6.27. The Labute approximate surface area is 78.3 Å². The number of rotatable bonds is 3. The van der Waals surface area contributed by atoms with Crippen LogP contribution in [0.3, 0.4) is 0 Å². The van der Waals surface area contributed by atoms with Crippen molar-refractivity contribution in [1.29, 1.82) is 0 Å². The van der Waals surface area contributed by atoms with Crippen molar-refractivity contribution in [2.24, 2.45) is 0 Å². The van der Waals surface area contributed by atoms with Gasteiger partial charge in [0, 0.05) is 0 Å². The van der Waals surface area contributed by atoms with E-state index in [1.807, 2.05) is 18.2 Å². The van der Waals surface area contributed by atoms with Gasteiger partial charge in [-0.15, -0.1) is 0 Å². The Morgan fingerprint density at radius 3 is 2.23 bits per heavy atom. The number of phenols is 1. The van der Waals surface area contributed by atoms with Crippen LogP contribution in [0.4, 0.5) is 0 Å². The number of hydrogen-bond acceptors (Lipinski definition) is 1. The van der Waals surface area contributed by atoms with E-state index in [0.29, 0.717) is 0 Å². The molecule has 0 atom stereocenters. The molecule has 0 amide bonds. The van der Waals surface area contributed by atoms with E-state index in [4.69, 9.17) is 5.11 Å². The second kappa shape index (κ2) is 4.31. The molecule has 0 radical (unpaired) electrons. The fourth-order valence-corrected chi connectivity index (χ4v) is 1.06. The van der Waals surface area contributed by atoms with Crippen LogP contribution in [-0.4, -0.2) is 5.11 Å². The molecule has 0 fully saturated rings. The van der Waals surface area contributed by atoms with Gasteiger partial charge < -0.3 is 5.11 Å². The normalized spacial score (nSPS) is 10.9. The molecular formula is C12H12O. The molecule has 0 aliphatic heterocycles. The number of allylic oxidation sites excluding steroid dienone is 4. The molecule has 1 heteroatoms. The van der Waals surface area contributed by atoms with Crippen LogP contribution < -0.4 is 0 Å². The summed E-state index contributed by atoms with van der Waals surface area (Å²) in [6.45, 7) is 7.32. The Morgan fingerprint density at radius 2 is 1.77 bits per heavy atom. The van der Waals surface area contributed by atoms with Gasteiger partial charge in [0.15, 0.2) is 0 Å². The van der Waals surface area contributed by atoms with Crippen LogP contribution in [0.5, 0.6) is 5.75 Å². The van der Waals surface area contributed by atoms with Crippen LogP contribution in [0.2, 0.25) is 0 Å². The number of hydrogen-bond donors (Lipinski definition) is 1. The summed E-state index contributed by atoms with van der Waals surface area (Å²) in [5.74, 6) is 0.269. The summed E-state index contributed by atoms with van der Waals surface area (Å²) in [6, 6.07) is 6.98. The number of aromatic hydroxyl groups is 1. The lowest BCUT2D eigenvalue weighted by Gasteiger charge is -2.00. The first-order valence-electron chi connectivity index (χ1n) is 4.02. The second-order valence-corrected chi connectivity index (χ2v) is 2.61. The highest BCUT2D eigenvalue weighted by molar-refractivity contribution is 5.74. The van der Waals surface area contributed by atoms with Crippen molar-refractivity contribution >= 4 is 5.57 Å². The molecule has 0 aliphatic rings. The first-order valence-corrected chi connectivity index (χ1v) is 4.02. The molecule has 13 heavy (non-hydrogen) atoms. The molecule has 0 spiro atoms. The molecule has 1 aromatic carbocycles. The quantitative estimate of drug-likeness (QED) is 0.694. The molecule has 1 nitrogen and oxygen atoms in total. The Balaban J connectivity index is 3.06. The minimum Gasteiger partial charge on any atom is -0.508 e. The van der Waals surface area contributed by atoms with Crippen LogP contribution in [-0.2, 0) is 0 Å². The predicted molar refractivity (Wildman–Crippen MR) is 56.5 cm³/mol. The third kappa shape index (κ3) is 2.34. The molecule has 66 valence electrons. The Morgan fingerprint density at radius 1 is 1.15 bits per heavy atom. The van der Waals surface area contributed by atoms with Gasteiger partial charge in [-0.2, -0.15) is 0 Å². The SMILES string of the molecule is C=C/C=C(\C=C)c1ccc(O)cc1. The fourth-order valence-electron chi connectivity index (χ4n) is 1.06. The van der Waals surface area contributed by atoms with Gasteiger partial charge in [-0.05, 0) is 23.3 Å². The molecule has 1 rings (SSSR count). The van der Waals surface area contributed by atoms with Crippen LogP contribution in [0.15, 0.2) is 55.7 Å². The van der Waals surface area contributed by atoms with Gasteiger partial charge >= 0.3 is 0 Å². The van der Waals surface area contributed by atoms with E-state index >= 15 is 0 Å². The lowest BCUT2D eigenvalue weighted by atomic mass is 10.1. The largest absolute Gasteiger partial charge is 0.508 e. The van der Waals surface area contributed by atoms with Crippen molar-refractivity contribution < 1.29 is 5.11 Å². The van der Waals surface area contributed by atoms with E-state index in [9.17, 15) is 0 Å². The van der Waals surface area contributed by atoms with Crippen molar-refractivity contribution in [2.45, 2.75) is 0 Å². The molecule has 0 aromatic heterocycles. The molecule has 0 heterocycles. The summed E-state index contributed by atoms with van der Waals surface area (Å²) in [4.78, 5) is 0. The van der Waals surface area contributed by atoms with E-state index in [1.165, 1.54) is 0 Å². The van der Waals surface area contributed by atoms with Gasteiger partial charge in [0.05, 0.1) is 0 Å². The molecule has 1 N–H and O–H groups in total.